The van der Waals surface area contributed by atoms with E-state index in [1.165, 1.54) is 39.8 Å². The van der Waals surface area contributed by atoms with Crippen LogP contribution in [0.15, 0.2) is 36.5 Å². The van der Waals surface area contributed by atoms with Gasteiger partial charge in [0, 0.05) is 42.1 Å². The third-order valence-corrected chi connectivity index (χ3v) is 13.1. The van der Waals surface area contributed by atoms with Gasteiger partial charge in [0.05, 0.1) is 42.5 Å². The summed E-state index contributed by atoms with van der Waals surface area (Å²) in [6.07, 6.45) is 6.02. The molecule has 12 nitrogen and oxygen atoms in total. The Kier molecular flexibility index (Phi) is 17.6. The highest BCUT2D eigenvalue weighted by Gasteiger charge is 2.61. The van der Waals surface area contributed by atoms with Crippen molar-refractivity contribution in [3.8, 4) is 0 Å². The summed E-state index contributed by atoms with van der Waals surface area (Å²) in [5, 5.41) is 55.0. The van der Waals surface area contributed by atoms with Crippen LogP contribution in [0.1, 0.15) is 115 Å². The van der Waals surface area contributed by atoms with Gasteiger partial charge in [-0.05, 0) is 63.7 Å². The van der Waals surface area contributed by atoms with Gasteiger partial charge in [-0.3, -0.25) is 14.4 Å². The standard InChI is InChI=1S/C45H72O12/c1-12-33-41-29(7)34(56-45(33)36(47)22-27(5)35(57-45)23-28(6)46)20-18-24(2)16-14-13-15-17-26(4)42(52)44(11,54)43(53)32(10)40(51)31(9)39(50)30(8)38(49)25(3)19-21-37(48)55-41/h13-16,19,21,24-35,38,40-42,46,49,51-52,54H,12,17-18,20,22-23H2,1-11H3/b15-13+,16-14+,21-19+. The summed E-state index contributed by atoms with van der Waals surface area (Å²) < 4.78 is 19.6. The normalized spacial score (nSPS) is 46.2. The molecule has 5 N–H and O–H groups in total. The zero-order valence-electron chi connectivity index (χ0n) is 36.0. The van der Waals surface area contributed by atoms with E-state index in [1.807, 2.05) is 45.1 Å². The highest BCUT2D eigenvalue weighted by molar-refractivity contribution is 5.91. The second-order valence-electron chi connectivity index (χ2n) is 17.9. The summed E-state index contributed by atoms with van der Waals surface area (Å²) in [6.45, 7) is 18.4. The van der Waals surface area contributed by atoms with Gasteiger partial charge in [-0.1, -0.05) is 92.7 Å². The van der Waals surface area contributed by atoms with Gasteiger partial charge in [-0.2, -0.15) is 0 Å². The van der Waals surface area contributed by atoms with Gasteiger partial charge in [0.25, 0.3) is 0 Å². The van der Waals surface area contributed by atoms with Gasteiger partial charge >= 0.3 is 5.97 Å². The lowest BCUT2D eigenvalue weighted by atomic mass is 9.72. The molecule has 0 amide bonds. The Balaban J connectivity index is 2.02. The maximum atomic E-state index is 14.1. The molecule has 0 aromatic rings. The minimum absolute atomic E-state index is 0.0811. The Hall–Kier alpha value is -2.58. The molecule has 18 unspecified atom stereocenters. The minimum atomic E-state index is -2.21. The molecule has 0 radical (unpaired) electrons. The van der Waals surface area contributed by atoms with E-state index in [2.05, 4.69) is 6.92 Å². The summed E-state index contributed by atoms with van der Waals surface area (Å²) in [4.78, 5) is 54.7. The van der Waals surface area contributed by atoms with E-state index in [1.54, 1.807) is 20.8 Å². The number of ketones is 3. The van der Waals surface area contributed by atoms with E-state index in [4.69, 9.17) is 14.2 Å². The minimum Gasteiger partial charge on any atom is -0.458 e. The van der Waals surface area contributed by atoms with E-state index in [0.29, 0.717) is 32.1 Å². The fourth-order valence-corrected chi connectivity index (χ4v) is 8.95. The molecule has 0 aliphatic carbocycles. The summed E-state index contributed by atoms with van der Waals surface area (Å²) in [6, 6.07) is 0. The Morgan fingerprint density at radius 3 is 2.09 bits per heavy atom. The first-order valence-electron chi connectivity index (χ1n) is 21.1. The molecule has 57 heavy (non-hydrogen) atoms. The molecule has 0 aromatic heterocycles. The lowest BCUT2D eigenvalue weighted by Crippen LogP contribution is -2.67. The fourth-order valence-electron chi connectivity index (χ4n) is 8.95. The van der Waals surface area contributed by atoms with E-state index in [0.717, 1.165) is 0 Å². The molecular weight excluding hydrogens is 732 g/mol. The van der Waals surface area contributed by atoms with Crippen molar-refractivity contribution in [1.29, 1.82) is 0 Å². The molecule has 0 aromatic carbocycles. The van der Waals surface area contributed by atoms with E-state index in [9.17, 15) is 44.7 Å². The number of aliphatic hydroxyl groups excluding tert-OH is 4. The van der Waals surface area contributed by atoms with Gasteiger partial charge in [0.1, 0.15) is 17.5 Å². The fraction of sp³-hybridized carbons (Fsp3) is 0.778. The monoisotopic (exact) mass is 805 g/mol. The molecule has 1 spiro atoms. The van der Waals surface area contributed by atoms with E-state index in [-0.39, 0.29) is 30.0 Å². The Bertz CT molecular complexity index is 1470. The van der Waals surface area contributed by atoms with Gasteiger partial charge < -0.3 is 39.7 Å². The second kappa shape index (κ2) is 20.6. The number of esters is 1. The quantitative estimate of drug-likeness (QED) is 0.238. The SMILES string of the molecule is CCC1C2OC(=O)/C=C/C(C)C(O)C(C)C(=O)C(C)C(O)C(C)C(=O)C(C)(O)C(O)C(C)C/C=C/C=C/C(C)CCC(OC13OC(CC(C)O)C(C)CC3=O)C2C. The molecule has 3 heterocycles. The van der Waals surface area contributed by atoms with E-state index < -0.39 is 107 Å². The van der Waals surface area contributed by atoms with Crippen LogP contribution in [0.2, 0.25) is 0 Å². The number of hydrogen-bond donors (Lipinski definition) is 5. The van der Waals surface area contributed by atoms with Crippen molar-refractivity contribution in [1.82, 2.24) is 0 Å². The zero-order valence-corrected chi connectivity index (χ0v) is 36.0. The molecule has 2 bridgehead atoms. The van der Waals surface area contributed by atoms with Crippen LogP contribution in [0.25, 0.3) is 0 Å². The molecular formula is C45H72O12. The maximum absolute atomic E-state index is 14.1. The molecule has 3 aliphatic heterocycles. The average Bonchev–Trinajstić information content (AvgIpc) is 3.16. The van der Waals surface area contributed by atoms with Gasteiger partial charge in [-0.25, -0.2) is 4.79 Å². The lowest BCUT2D eigenvalue weighted by molar-refractivity contribution is -0.347. The number of ether oxygens (including phenoxy) is 3. The second-order valence-corrected chi connectivity index (χ2v) is 17.9. The molecule has 324 valence electrons. The molecule has 2 fully saturated rings. The molecule has 3 aliphatic rings. The van der Waals surface area contributed by atoms with Gasteiger partial charge in [-0.15, -0.1) is 0 Å². The largest absolute Gasteiger partial charge is 0.458 e. The number of Topliss-reactive ketones (excluding diaryl/α,β-unsaturated/α-hetero) is 3. The first-order valence-corrected chi connectivity index (χ1v) is 21.1. The number of carbonyl (C=O) groups excluding carboxylic acids is 4. The number of hydrogen-bond acceptors (Lipinski definition) is 12. The summed E-state index contributed by atoms with van der Waals surface area (Å²) in [5.74, 6) is -9.51. The van der Waals surface area contributed by atoms with Crippen molar-refractivity contribution < 1.29 is 58.9 Å². The van der Waals surface area contributed by atoms with Crippen LogP contribution in [0, 0.1) is 53.3 Å². The molecule has 2 saturated heterocycles. The van der Waals surface area contributed by atoms with Crippen molar-refractivity contribution in [3.05, 3.63) is 36.5 Å². The molecule has 18 atom stereocenters. The number of fused-ring (bicyclic) bond motifs is 2. The third-order valence-electron chi connectivity index (χ3n) is 13.1. The first-order chi connectivity index (χ1) is 26.5. The van der Waals surface area contributed by atoms with Crippen molar-refractivity contribution in [3.63, 3.8) is 0 Å². The third kappa shape index (κ3) is 11.4. The van der Waals surface area contributed by atoms with Crippen molar-refractivity contribution in [2.24, 2.45) is 53.3 Å². The van der Waals surface area contributed by atoms with Gasteiger partial charge in [0.2, 0.25) is 5.79 Å². The Morgan fingerprint density at radius 2 is 1.47 bits per heavy atom. The van der Waals surface area contributed by atoms with Crippen molar-refractivity contribution in [2.45, 2.75) is 169 Å². The number of rotatable bonds is 3. The number of aliphatic hydroxyl groups is 5. The highest BCUT2D eigenvalue weighted by atomic mass is 16.7. The number of allylic oxidation sites excluding steroid dienone is 4. The van der Waals surface area contributed by atoms with E-state index >= 15 is 0 Å². The highest BCUT2D eigenvalue weighted by Crippen LogP contribution is 2.48. The van der Waals surface area contributed by atoms with Gasteiger partial charge in [0.15, 0.2) is 11.6 Å². The first kappa shape index (κ1) is 48.8. The molecule has 0 saturated carbocycles. The van der Waals surface area contributed by atoms with Crippen molar-refractivity contribution >= 4 is 23.3 Å². The maximum Gasteiger partial charge on any atom is 0.330 e. The summed E-state index contributed by atoms with van der Waals surface area (Å²) in [5.41, 5.74) is -2.21. The van der Waals surface area contributed by atoms with Crippen LogP contribution in [-0.2, 0) is 33.4 Å². The Morgan fingerprint density at radius 1 is 0.842 bits per heavy atom. The van der Waals surface area contributed by atoms with Crippen LogP contribution in [0.5, 0.6) is 0 Å². The molecule has 12 heteroatoms. The van der Waals surface area contributed by atoms with Crippen LogP contribution < -0.4 is 0 Å². The Labute approximate surface area is 340 Å². The smallest absolute Gasteiger partial charge is 0.330 e. The lowest BCUT2D eigenvalue weighted by Gasteiger charge is -2.54. The molecule has 3 rings (SSSR count). The number of carbonyl (C=O) groups is 4. The van der Waals surface area contributed by atoms with Crippen molar-refractivity contribution in [2.75, 3.05) is 0 Å². The summed E-state index contributed by atoms with van der Waals surface area (Å²) >= 11 is 0. The predicted octanol–water partition coefficient (Wildman–Crippen LogP) is 5.06. The summed E-state index contributed by atoms with van der Waals surface area (Å²) in [7, 11) is 0. The average molecular weight is 805 g/mol. The predicted molar refractivity (Wildman–Crippen MR) is 215 cm³/mol. The van der Waals surface area contributed by atoms with Crippen LogP contribution in [-0.4, -0.2) is 103 Å². The topological polar surface area (TPSA) is 197 Å². The van der Waals surface area contributed by atoms with Crippen LogP contribution in [0.4, 0.5) is 0 Å². The van der Waals surface area contributed by atoms with Crippen LogP contribution in [0.3, 0.4) is 0 Å². The zero-order chi connectivity index (χ0) is 43.2. The van der Waals surface area contributed by atoms with Crippen LogP contribution >= 0.6 is 0 Å².